The summed E-state index contributed by atoms with van der Waals surface area (Å²) in [6.07, 6.45) is 3.54. The first kappa shape index (κ1) is 22.0. The number of hydrogen-bond acceptors (Lipinski definition) is 5. The molecule has 1 unspecified atom stereocenters. The lowest BCUT2D eigenvalue weighted by Crippen LogP contribution is -2.17. The number of nitriles is 1. The maximum absolute atomic E-state index is 12.4. The molecule has 2 aromatic rings. The molecule has 0 radical (unpaired) electrons. The van der Waals surface area contributed by atoms with Crippen molar-refractivity contribution in [2.45, 2.75) is 39.0 Å². The molecule has 3 rings (SSSR count). The fourth-order valence-electron chi connectivity index (χ4n) is 3.34. The predicted octanol–water partition coefficient (Wildman–Crippen LogP) is 6.58. The molecule has 1 aliphatic carbocycles. The number of rotatable bonds is 6. The Kier molecular flexibility index (Phi) is 7.53. The minimum absolute atomic E-state index is 0.165. The van der Waals surface area contributed by atoms with Gasteiger partial charge in [0.1, 0.15) is 16.8 Å². The van der Waals surface area contributed by atoms with Gasteiger partial charge in [0.05, 0.1) is 21.0 Å². The summed E-state index contributed by atoms with van der Waals surface area (Å²) in [5, 5.41) is 14.1. The van der Waals surface area contributed by atoms with Gasteiger partial charge >= 0.3 is 0 Å². The molecule has 0 saturated heterocycles. The van der Waals surface area contributed by atoms with Crippen LogP contribution in [0.3, 0.4) is 0 Å². The second kappa shape index (κ2) is 9.90. The van der Waals surface area contributed by atoms with Gasteiger partial charge in [0.25, 0.3) is 0 Å². The molecule has 0 spiro atoms. The number of fused-ring (bicyclic) bond motifs is 1. The van der Waals surface area contributed by atoms with Crippen LogP contribution in [0, 0.1) is 21.1 Å². The van der Waals surface area contributed by atoms with Crippen LogP contribution in [-0.4, -0.2) is 12.5 Å². The molecule has 4 nitrogen and oxygen atoms in total. The second-order valence-electron chi connectivity index (χ2n) is 7.09. The van der Waals surface area contributed by atoms with Crippen molar-refractivity contribution in [3.05, 3.63) is 48.8 Å². The summed E-state index contributed by atoms with van der Waals surface area (Å²) in [6, 6.07) is 7.28. The highest BCUT2D eigenvalue weighted by Gasteiger charge is 2.23. The number of nitrogens with one attached hydrogen (secondary N) is 1. The Morgan fingerprint density at radius 2 is 2.21 bits per heavy atom. The number of carbonyl (C=O) groups excluding carboxylic acids is 1. The first-order valence-electron chi connectivity index (χ1n) is 9.35. The van der Waals surface area contributed by atoms with Gasteiger partial charge in [0.15, 0.2) is 0 Å². The van der Waals surface area contributed by atoms with E-state index in [-0.39, 0.29) is 12.3 Å². The Hall–Kier alpha value is -1.65. The van der Waals surface area contributed by atoms with E-state index in [0.29, 0.717) is 45.3 Å². The molecule has 29 heavy (non-hydrogen) atoms. The fourth-order valence-corrected chi connectivity index (χ4v) is 5.21. The van der Waals surface area contributed by atoms with Crippen LogP contribution in [0.15, 0.2) is 18.2 Å². The molecule has 1 aromatic carbocycles. The number of nitrogens with zero attached hydrogens (tertiary/aromatic N) is 1. The molecule has 0 bridgehead atoms. The maximum Gasteiger partial charge on any atom is 0.225 e. The quantitative estimate of drug-likeness (QED) is 0.385. The van der Waals surface area contributed by atoms with Gasteiger partial charge in [0, 0.05) is 11.4 Å². The monoisotopic (exact) mass is 466 g/mol. The minimum Gasteiger partial charge on any atom is -0.492 e. The average Bonchev–Trinajstić information content (AvgIpc) is 2.67. The van der Waals surface area contributed by atoms with E-state index in [4.69, 9.17) is 40.2 Å². The zero-order valence-corrected chi connectivity index (χ0v) is 19.0. The van der Waals surface area contributed by atoms with Crippen LogP contribution in [0.5, 0.6) is 5.75 Å². The maximum atomic E-state index is 12.4. The van der Waals surface area contributed by atoms with Gasteiger partial charge < -0.3 is 10.1 Å². The molecular formula is C21H20Cl2N2O2S2. The van der Waals surface area contributed by atoms with Crippen LogP contribution >= 0.6 is 46.8 Å². The summed E-state index contributed by atoms with van der Waals surface area (Å²) in [5.41, 5.74) is 2.67. The third-order valence-electron chi connectivity index (χ3n) is 4.84. The SMILES string of the molecule is CC1CCc2c(C#N)c(NC(=O)CCCOc3ccc(Cl)cc3Cl)sc(=S)c2C1. The van der Waals surface area contributed by atoms with Crippen LogP contribution < -0.4 is 10.1 Å². The van der Waals surface area contributed by atoms with Crippen LogP contribution in [0.25, 0.3) is 0 Å². The summed E-state index contributed by atoms with van der Waals surface area (Å²) in [4.78, 5) is 12.4. The number of amides is 1. The Balaban J connectivity index is 1.60. The lowest BCUT2D eigenvalue weighted by molar-refractivity contribution is -0.116. The van der Waals surface area contributed by atoms with Crippen molar-refractivity contribution in [3.63, 3.8) is 0 Å². The molecule has 1 N–H and O–H groups in total. The van der Waals surface area contributed by atoms with Crippen molar-refractivity contribution in [2.75, 3.05) is 11.9 Å². The molecule has 0 fully saturated rings. The van der Waals surface area contributed by atoms with E-state index in [1.165, 1.54) is 11.3 Å². The Bertz CT molecular complexity index is 1030. The van der Waals surface area contributed by atoms with Crippen molar-refractivity contribution >= 4 is 57.7 Å². The number of anilines is 1. The molecule has 1 aliphatic rings. The smallest absolute Gasteiger partial charge is 0.225 e. The Morgan fingerprint density at radius 1 is 1.41 bits per heavy atom. The molecule has 152 valence electrons. The van der Waals surface area contributed by atoms with E-state index in [1.807, 2.05) is 0 Å². The average molecular weight is 467 g/mol. The lowest BCUT2D eigenvalue weighted by atomic mass is 9.85. The number of halogens is 2. The van der Waals surface area contributed by atoms with Crippen molar-refractivity contribution in [3.8, 4) is 11.8 Å². The van der Waals surface area contributed by atoms with Crippen LogP contribution in [-0.2, 0) is 17.6 Å². The van der Waals surface area contributed by atoms with Crippen molar-refractivity contribution in [2.24, 2.45) is 5.92 Å². The highest BCUT2D eigenvalue weighted by atomic mass is 35.5. The zero-order chi connectivity index (χ0) is 21.0. The predicted molar refractivity (Wildman–Crippen MR) is 121 cm³/mol. The van der Waals surface area contributed by atoms with Gasteiger partial charge in [-0.2, -0.15) is 5.26 Å². The summed E-state index contributed by atoms with van der Waals surface area (Å²) >= 11 is 18.8. The van der Waals surface area contributed by atoms with E-state index in [2.05, 4.69) is 18.3 Å². The Morgan fingerprint density at radius 3 is 2.93 bits per heavy atom. The van der Waals surface area contributed by atoms with Crippen LogP contribution in [0.1, 0.15) is 42.9 Å². The molecule has 1 atom stereocenters. The number of carbonyl (C=O) groups is 1. The Labute approximate surface area is 189 Å². The highest BCUT2D eigenvalue weighted by Crippen LogP contribution is 2.36. The van der Waals surface area contributed by atoms with Crippen LogP contribution in [0.4, 0.5) is 5.00 Å². The van der Waals surface area contributed by atoms with Crippen molar-refractivity contribution in [1.29, 1.82) is 5.26 Å². The van der Waals surface area contributed by atoms with Gasteiger partial charge in [-0.05, 0) is 60.9 Å². The second-order valence-corrected chi connectivity index (χ2v) is 9.62. The third kappa shape index (κ3) is 5.49. The summed E-state index contributed by atoms with van der Waals surface area (Å²) in [7, 11) is 0. The molecular weight excluding hydrogens is 447 g/mol. The van der Waals surface area contributed by atoms with Crippen molar-refractivity contribution in [1.82, 2.24) is 0 Å². The molecule has 1 amide bonds. The largest absolute Gasteiger partial charge is 0.492 e. The number of benzene rings is 1. The van der Waals surface area contributed by atoms with Crippen molar-refractivity contribution < 1.29 is 9.53 Å². The lowest BCUT2D eigenvalue weighted by Gasteiger charge is -2.23. The van der Waals surface area contributed by atoms with E-state index < -0.39 is 0 Å². The summed E-state index contributed by atoms with van der Waals surface area (Å²) in [6.45, 7) is 2.54. The van der Waals surface area contributed by atoms with Crippen LogP contribution in [0.2, 0.25) is 10.0 Å². The van der Waals surface area contributed by atoms with Gasteiger partial charge in [-0.3, -0.25) is 4.79 Å². The molecule has 0 saturated carbocycles. The molecule has 8 heteroatoms. The first-order valence-corrected chi connectivity index (χ1v) is 11.3. The standard InChI is InChI=1S/C21H20Cl2N2O2S2/c1-12-4-6-14-15(9-12)21(28)29-20(16(14)11-24)25-19(26)3-2-8-27-18-7-5-13(22)10-17(18)23/h5,7,10,12H,2-4,6,8-9H2,1H3,(H,25,26). The van der Waals surface area contributed by atoms with Gasteiger partial charge in [-0.25, -0.2) is 0 Å². The van der Waals surface area contributed by atoms with E-state index >= 15 is 0 Å². The van der Waals surface area contributed by atoms with E-state index in [0.717, 1.165) is 34.2 Å². The molecule has 0 aliphatic heterocycles. The van der Waals surface area contributed by atoms with E-state index in [9.17, 15) is 10.1 Å². The number of ether oxygens (including phenoxy) is 1. The van der Waals surface area contributed by atoms with Gasteiger partial charge in [-0.15, -0.1) is 11.3 Å². The fraction of sp³-hybridized carbons (Fsp3) is 0.381. The van der Waals surface area contributed by atoms with Gasteiger partial charge in [-0.1, -0.05) is 42.3 Å². The molecule has 1 aromatic heterocycles. The summed E-state index contributed by atoms with van der Waals surface area (Å²) < 4.78 is 6.37. The molecule has 1 heterocycles. The van der Waals surface area contributed by atoms with Gasteiger partial charge in [0.2, 0.25) is 5.91 Å². The van der Waals surface area contributed by atoms with E-state index in [1.54, 1.807) is 18.2 Å². The first-order chi connectivity index (χ1) is 13.9. The topological polar surface area (TPSA) is 62.1 Å². The highest BCUT2D eigenvalue weighted by molar-refractivity contribution is 7.73. The minimum atomic E-state index is -0.165. The normalized spacial score (nSPS) is 15.3. The third-order valence-corrected chi connectivity index (χ3v) is 6.81. The summed E-state index contributed by atoms with van der Waals surface area (Å²) in [5.74, 6) is 0.935. The zero-order valence-electron chi connectivity index (χ0n) is 15.9. The number of hydrogen-bond donors (Lipinski definition) is 1.